The van der Waals surface area contributed by atoms with Gasteiger partial charge in [0.2, 0.25) is 0 Å². The van der Waals surface area contributed by atoms with E-state index >= 15 is 0 Å². The SMILES string of the molecule is COc1cc(C(Cl)c2cccc(Cl)c2Cl)c(OC)cc1Br. The fourth-order valence-electron chi connectivity index (χ4n) is 1.97. The van der Waals surface area contributed by atoms with Crippen molar-refractivity contribution in [2.45, 2.75) is 5.38 Å². The first-order chi connectivity index (χ1) is 9.99. The van der Waals surface area contributed by atoms with E-state index in [9.17, 15) is 0 Å². The number of ether oxygens (including phenoxy) is 2. The van der Waals surface area contributed by atoms with Crippen LogP contribution in [0, 0.1) is 0 Å². The number of benzene rings is 2. The van der Waals surface area contributed by atoms with Crippen LogP contribution in [0.15, 0.2) is 34.8 Å². The van der Waals surface area contributed by atoms with Crippen molar-refractivity contribution in [2.75, 3.05) is 14.2 Å². The lowest BCUT2D eigenvalue weighted by atomic mass is 10.0. The first kappa shape index (κ1) is 16.8. The number of methoxy groups -OCH3 is 2. The molecule has 0 aromatic heterocycles. The Morgan fingerprint density at radius 3 is 2.29 bits per heavy atom. The highest BCUT2D eigenvalue weighted by molar-refractivity contribution is 9.10. The fraction of sp³-hybridized carbons (Fsp3) is 0.200. The Bertz CT molecular complexity index is 662. The van der Waals surface area contributed by atoms with E-state index in [1.54, 1.807) is 20.3 Å². The molecule has 0 aliphatic rings. The van der Waals surface area contributed by atoms with Gasteiger partial charge >= 0.3 is 0 Å². The van der Waals surface area contributed by atoms with Gasteiger partial charge in [-0.05, 0) is 39.7 Å². The zero-order valence-electron chi connectivity index (χ0n) is 11.3. The molecular formula is C15H12BrCl3O2. The summed E-state index contributed by atoms with van der Waals surface area (Å²) in [5.41, 5.74) is 1.47. The largest absolute Gasteiger partial charge is 0.496 e. The summed E-state index contributed by atoms with van der Waals surface area (Å²) in [5, 5.41) is 0.388. The average molecular weight is 411 g/mol. The predicted octanol–water partition coefficient (Wildman–Crippen LogP) is 6.10. The molecule has 0 amide bonds. The molecule has 6 heteroatoms. The first-order valence-corrected chi connectivity index (χ1v) is 7.97. The van der Waals surface area contributed by atoms with Crippen LogP contribution >= 0.6 is 50.7 Å². The van der Waals surface area contributed by atoms with Crippen LogP contribution in [-0.4, -0.2) is 14.2 Å². The molecule has 1 unspecified atom stereocenters. The van der Waals surface area contributed by atoms with Gasteiger partial charge in [0.25, 0.3) is 0 Å². The standard InChI is InChI=1S/C15H12BrCl3O2/c1-20-12-7-10(16)13(21-2)6-9(12)14(18)8-4-3-5-11(17)15(8)19/h3-7,14H,1-2H3. The molecule has 0 heterocycles. The predicted molar refractivity (Wildman–Crippen MR) is 91.4 cm³/mol. The zero-order chi connectivity index (χ0) is 15.6. The first-order valence-electron chi connectivity index (χ1n) is 5.99. The van der Waals surface area contributed by atoms with E-state index in [-0.39, 0.29) is 0 Å². The van der Waals surface area contributed by atoms with Crippen LogP contribution in [0.4, 0.5) is 0 Å². The number of hydrogen-bond acceptors (Lipinski definition) is 2. The van der Waals surface area contributed by atoms with Crippen LogP contribution in [0.5, 0.6) is 11.5 Å². The molecule has 0 radical (unpaired) electrons. The topological polar surface area (TPSA) is 18.5 Å². The van der Waals surface area contributed by atoms with E-state index in [0.717, 1.165) is 10.0 Å². The molecule has 2 aromatic rings. The Balaban J connectivity index is 2.56. The lowest BCUT2D eigenvalue weighted by molar-refractivity contribution is 0.397. The quantitative estimate of drug-likeness (QED) is 0.567. The molecule has 21 heavy (non-hydrogen) atoms. The van der Waals surface area contributed by atoms with Crippen molar-refractivity contribution >= 4 is 50.7 Å². The molecule has 0 saturated carbocycles. The van der Waals surface area contributed by atoms with Crippen molar-refractivity contribution in [2.24, 2.45) is 0 Å². The second-order valence-corrected chi connectivity index (χ2v) is 6.31. The van der Waals surface area contributed by atoms with Gasteiger partial charge < -0.3 is 9.47 Å². The van der Waals surface area contributed by atoms with Gasteiger partial charge in [-0.1, -0.05) is 35.3 Å². The summed E-state index contributed by atoms with van der Waals surface area (Å²) in [6, 6.07) is 8.98. The van der Waals surface area contributed by atoms with Gasteiger partial charge in [0.15, 0.2) is 0 Å². The van der Waals surface area contributed by atoms with Crippen molar-refractivity contribution in [1.29, 1.82) is 0 Å². The minimum atomic E-state index is -0.506. The zero-order valence-corrected chi connectivity index (χ0v) is 15.1. The Morgan fingerprint density at radius 2 is 1.67 bits per heavy atom. The van der Waals surface area contributed by atoms with E-state index in [1.807, 2.05) is 24.3 Å². The molecule has 0 saturated heterocycles. The van der Waals surface area contributed by atoms with Crippen LogP contribution in [-0.2, 0) is 0 Å². The van der Waals surface area contributed by atoms with Crippen LogP contribution in [0.1, 0.15) is 16.5 Å². The Morgan fingerprint density at radius 1 is 1.00 bits per heavy atom. The second-order valence-electron chi connectivity index (χ2n) is 4.23. The molecule has 2 aromatic carbocycles. The molecule has 1 atom stereocenters. The van der Waals surface area contributed by atoms with Crippen molar-refractivity contribution in [3.05, 3.63) is 56.0 Å². The smallest absolute Gasteiger partial charge is 0.133 e. The molecular weight excluding hydrogens is 398 g/mol. The molecule has 0 spiro atoms. The maximum atomic E-state index is 6.58. The summed E-state index contributed by atoms with van der Waals surface area (Å²) in [4.78, 5) is 0. The molecule has 0 aliphatic carbocycles. The van der Waals surface area contributed by atoms with Crippen LogP contribution < -0.4 is 9.47 Å². The van der Waals surface area contributed by atoms with Gasteiger partial charge in [-0.25, -0.2) is 0 Å². The molecule has 0 N–H and O–H groups in total. The van der Waals surface area contributed by atoms with Crippen molar-refractivity contribution in [3.8, 4) is 11.5 Å². The Kier molecular flexibility index (Phi) is 5.67. The lowest BCUT2D eigenvalue weighted by Gasteiger charge is -2.18. The highest BCUT2D eigenvalue weighted by Gasteiger charge is 2.21. The maximum absolute atomic E-state index is 6.58. The maximum Gasteiger partial charge on any atom is 0.133 e. The molecule has 0 fully saturated rings. The minimum Gasteiger partial charge on any atom is -0.496 e. The van der Waals surface area contributed by atoms with E-state index in [0.29, 0.717) is 27.1 Å². The van der Waals surface area contributed by atoms with Crippen LogP contribution in [0.25, 0.3) is 0 Å². The summed E-state index contributed by atoms with van der Waals surface area (Å²) in [7, 11) is 3.17. The van der Waals surface area contributed by atoms with Crippen LogP contribution in [0.2, 0.25) is 10.0 Å². The summed E-state index contributed by atoms with van der Waals surface area (Å²) in [6.07, 6.45) is 0. The third-order valence-electron chi connectivity index (χ3n) is 3.03. The Labute approximate surface area is 147 Å². The van der Waals surface area contributed by atoms with Crippen molar-refractivity contribution in [1.82, 2.24) is 0 Å². The van der Waals surface area contributed by atoms with E-state index in [1.165, 1.54) is 0 Å². The minimum absolute atomic E-state index is 0.433. The van der Waals surface area contributed by atoms with Gasteiger partial charge in [-0.2, -0.15) is 0 Å². The number of halogens is 4. The van der Waals surface area contributed by atoms with E-state index < -0.39 is 5.38 Å². The Hall–Kier alpha value is -0.610. The molecule has 112 valence electrons. The van der Waals surface area contributed by atoms with Crippen molar-refractivity contribution in [3.63, 3.8) is 0 Å². The summed E-state index contributed by atoms with van der Waals surface area (Å²) < 4.78 is 11.5. The monoisotopic (exact) mass is 408 g/mol. The molecule has 2 rings (SSSR count). The van der Waals surface area contributed by atoms with Gasteiger partial charge in [-0.15, -0.1) is 11.6 Å². The third kappa shape index (κ3) is 3.42. The molecule has 2 nitrogen and oxygen atoms in total. The third-order valence-corrected chi connectivity index (χ3v) is 4.96. The summed E-state index contributed by atoms with van der Waals surface area (Å²) in [6.45, 7) is 0. The lowest BCUT2D eigenvalue weighted by Crippen LogP contribution is -2.00. The van der Waals surface area contributed by atoms with Crippen LogP contribution in [0.3, 0.4) is 0 Å². The van der Waals surface area contributed by atoms with E-state index in [4.69, 9.17) is 44.3 Å². The van der Waals surface area contributed by atoms with Gasteiger partial charge in [0.1, 0.15) is 11.5 Å². The summed E-state index contributed by atoms with van der Waals surface area (Å²) in [5.74, 6) is 1.30. The van der Waals surface area contributed by atoms with Gasteiger partial charge in [0, 0.05) is 5.56 Å². The number of rotatable bonds is 4. The highest BCUT2D eigenvalue weighted by Crippen LogP contribution is 2.43. The van der Waals surface area contributed by atoms with Gasteiger partial charge in [0.05, 0.1) is 34.1 Å². The molecule has 0 aliphatic heterocycles. The normalized spacial score (nSPS) is 12.1. The highest BCUT2D eigenvalue weighted by atomic mass is 79.9. The number of alkyl halides is 1. The van der Waals surface area contributed by atoms with E-state index in [2.05, 4.69) is 15.9 Å². The average Bonchev–Trinajstić information content (AvgIpc) is 2.49. The van der Waals surface area contributed by atoms with Gasteiger partial charge in [-0.3, -0.25) is 0 Å². The summed E-state index contributed by atoms with van der Waals surface area (Å²) >= 11 is 22.3. The number of hydrogen-bond donors (Lipinski definition) is 0. The van der Waals surface area contributed by atoms with Crippen molar-refractivity contribution < 1.29 is 9.47 Å². The molecule has 0 bridgehead atoms. The second kappa shape index (κ2) is 7.10. The fourth-order valence-corrected chi connectivity index (χ4v) is 3.28.